The van der Waals surface area contributed by atoms with E-state index in [9.17, 15) is 4.79 Å². The monoisotopic (exact) mass is 288 g/mol. The molecule has 0 spiro atoms. The molecule has 114 valence electrons. The van der Waals surface area contributed by atoms with Crippen molar-refractivity contribution in [3.63, 3.8) is 0 Å². The van der Waals surface area contributed by atoms with Gasteiger partial charge in [-0.2, -0.15) is 0 Å². The molecule has 0 aromatic heterocycles. The van der Waals surface area contributed by atoms with Crippen LogP contribution in [0.3, 0.4) is 0 Å². The summed E-state index contributed by atoms with van der Waals surface area (Å²) in [5, 5.41) is 9.56. The number of nitrogens with zero attached hydrogens (tertiary/aromatic N) is 1. The van der Waals surface area contributed by atoms with Gasteiger partial charge in [-0.25, -0.2) is 0 Å². The highest BCUT2D eigenvalue weighted by atomic mass is 16.2. The molecular formula is C16H24N4O. The average molecular weight is 288 g/mol. The number of anilines is 2. The molecule has 21 heavy (non-hydrogen) atoms. The quantitative estimate of drug-likeness (QED) is 0.782. The summed E-state index contributed by atoms with van der Waals surface area (Å²) in [4.78, 5) is 14.6. The van der Waals surface area contributed by atoms with Gasteiger partial charge in [-0.05, 0) is 44.0 Å². The van der Waals surface area contributed by atoms with Gasteiger partial charge in [-0.1, -0.05) is 0 Å². The van der Waals surface area contributed by atoms with Crippen molar-refractivity contribution >= 4 is 17.3 Å². The highest BCUT2D eigenvalue weighted by Gasteiger charge is 2.23. The number of rotatable bonds is 3. The second kappa shape index (κ2) is 6.45. The van der Waals surface area contributed by atoms with Crippen molar-refractivity contribution < 1.29 is 4.79 Å². The first-order valence-corrected chi connectivity index (χ1v) is 7.85. The predicted octanol–water partition coefficient (Wildman–Crippen LogP) is 1.18. The van der Waals surface area contributed by atoms with E-state index >= 15 is 0 Å². The van der Waals surface area contributed by atoms with Gasteiger partial charge in [0, 0.05) is 43.6 Å². The molecule has 3 N–H and O–H groups in total. The Labute approximate surface area is 126 Å². The van der Waals surface area contributed by atoms with Crippen molar-refractivity contribution in [2.75, 3.05) is 36.4 Å². The lowest BCUT2D eigenvalue weighted by atomic mass is 10.1. The maximum absolute atomic E-state index is 12.2. The van der Waals surface area contributed by atoms with Crippen molar-refractivity contribution in [1.29, 1.82) is 0 Å². The zero-order valence-corrected chi connectivity index (χ0v) is 12.6. The smallest absolute Gasteiger partial charge is 0.242 e. The van der Waals surface area contributed by atoms with Crippen LogP contribution in [0.4, 0.5) is 11.4 Å². The summed E-state index contributed by atoms with van der Waals surface area (Å²) < 4.78 is 0. The van der Waals surface area contributed by atoms with Crippen LogP contribution in [0.25, 0.3) is 0 Å². The molecule has 0 bridgehead atoms. The highest BCUT2D eigenvalue weighted by Crippen LogP contribution is 2.22. The molecule has 2 aliphatic heterocycles. The van der Waals surface area contributed by atoms with Gasteiger partial charge in [-0.3, -0.25) is 4.79 Å². The number of piperazine rings is 1. The molecule has 2 saturated heterocycles. The van der Waals surface area contributed by atoms with Crippen molar-refractivity contribution in [2.24, 2.45) is 0 Å². The van der Waals surface area contributed by atoms with Gasteiger partial charge in [-0.15, -0.1) is 0 Å². The zero-order valence-electron chi connectivity index (χ0n) is 12.6. The third-order valence-electron chi connectivity index (χ3n) is 4.26. The van der Waals surface area contributed by atoms with Crippen LogP contribution in [-0.4, -0.2) is 44.2 Å². The highest BCUT2D eigenvalue weighted by molar-refractivity contribution is 5.95. The second-order valence-electron chi connectivity index (χ2n) is 6.00. The Morgan fingerprint density at radius 3 is 2.48 bits per heavy atom. The summed E-state index contributed by atoms with van der Waals surface area (Å²) in [6.45, 7) is 5.89. The minimum Gasteiger partial charge on any atom is -0.372 e. The van der Waals surface area contributed by atoms with E-state index in [0.29, 0.717) is 12.6 Å². The molecule has 2 atom stereocenters. The van der Waals surface area contributed by atoms with Gasteiger partial charge in [0.05, 0.1) is 6.04 Å². The molecule has 3 rings (SSSR count). The van der Waals surface area contributed by atoms with Gasteiger partial charge in [0.15, 0.2) is 0 Å². The van der Waals surface area contributed by atoms with E-state index in [0.717, 1.165) is 25.3 Å². The standard InChI is InChI=1S/C16H24N4O/c1-12-10-18-15(11-17-12)16(21)19-13-4-6-14(7-5-13)20-8-2-3-9-20/h4-7,12,15,17-18H,2-3,8-11H2,1H3,(H,19,21). The predicted molar refractivity (Wildman–Crippen MR) is 85.8 cm³/mol. The molecule has 5 nitrogen and oxygen atoms in total. The molecule has 1 aromatic carbocycles. The largest absolute Gasteiger partial charge is 0.372 e. The van der Waals surface area contributed by atoms with E-state index in [2.05, 4.69) is 39.9 Å². The van der Waals surface area contributed by atoms with Crippen LogP contribution in [0.5, 0.6) is 0 Å². The first-order chi connectivity index (χ1) is 10.2. The van der Waals surface area contributed by atoms with Crippen LogP contribution in [0.2, 0.25) is 0 Å². The van der Waals surface area contributed by atoms with Crippen molar-refractivity contribution in [3.05, 3.63) is 24.3 Å². The lowest BCUT2D eigenvalue weighted by molar-refractivity contribution is -0.118. The molecule has 1 aromatic rings. The van der Waals surface area contributed by atoms with E-state index in [1.54, 1.807) is 0 Å². The molecule has 0 aliphatic carbocycles. The summed E-state index contributed by atoms with van der Waals surface area (Å²) in [6, 6.07) is 8.44. The van der Waals surface area contributed by atoms with Gasteiger partial charge in [0.25, 0.3) is 0 Å². The minimum atomic E-state index is -0.153. The Morgan fingerprint density at radius 2 is 1.86 bits per heavy atom. The number of carbonyl (C=O) groups is 1. The second-order valence-corrected chi connectivity index (χ2v) is 6.00. The lowest BCUT2D eigenvalue weighted by Gasteiger charge is -2.28. The number of hydrogen-bond acceptors (Lipinski definition) is 4. The molecule has 2 unspecified atom stereocenters. The Hall–Kier alpha value is -1.59. The molecule has 0 saturated carbocycles. The van der Waals surface area contributed by atoms with Crippen LogP contribution in [0, 0.1) is 0 Å². The van der Waals surface area contributed by atoms with Crippen molar-refractivity contribution in [2.45, 2.75) is 31.8 Å². The molecule has 2 fully saturated rings. The third kappa shape index (κ3) is 3.54. The lowest BCUT2D eigenvalue weighted by Crippen LogP contribution is -2.57. The van der Waals surface area contributed by atoms with Gasteiger partial charge >= 0.3 is 0 Å². The Morgan fingerprint density at radius 1 is 1.14 bits per heavy atom. The van der Waals surface area contributed by atoms with Crippen molar-refractivity contribution in [3.8, 4) is 0 Å². The number of amides is 1. The third-order valence-corrected chi connectivity index (χ3v) is 4.26. The van der Waals surface area contributed by atoms with Crippen molar-refractivity contribution in [1.82, 2.24) is 10.6 Å². The van der Waals surface area contributed by atoms with E-state index < -0.39 is 0 Å². The summed E-state index contributed by atoms with van der Waals surface area (Å²) in [7, 11) is 0. The average Bonchev–Trinajstić information content (AvgIpc) is 3.03. The molecule has 1 amide bonds. The Balaban J connectivity index is 1.56. The molecular weight excluding hydrogens is 264 g/mol. The first-order valence-electron chi connectivity index (χ1n) is 7.85. The van der Waals surface area contributed by atoms with E-state index in [-0.39, 0.29) is 11.9 Å². The first kappa shape index (κ1) is 14.4. The molecule has 5 heteroatoms. The normalized spacial score (nSPS) is 25.9. The summed E-state index contributed by atoms with van der Waals surface area (Å²) >= 11 is 0. The molecule has 0 radical (unpaired) electrons. The summed E-state index contributed by atoms with van der Waals surface area (Å²) in [5.74, 6) is 0.0309. The maximum Gasteiger partial charge on any atom is 0.242 e. The van der Waals surface area contributed by atoms with E-state index in [1.165, 1.54) is 18.5 Å². The minimum absolute atomic E-state index is 0.0309. The van der Waals surface area contributed by atoms with Crippen LogP contribution >= 0.6 is 0 Å². The van der Waals surface area contributed by atoms with Gasteiger partial charge < -0.3 is 20.9 Å². The number of nitrogens with one attached hydrogen (secondary N) is 3. The summed E-state index contributed by atoms with van der Waals surface area (Å²) in [5.41, 5.74) is 2.11. The van der Waals surface area contributed by atoms with Gasteiger partial charge in [0.1, 0.15) is 0 Å². The molecule has 2 aliphatic rings. The number of carbonyl (C=O) groups excluding carboxylic acids is 1. The van der Waals surface area contributed by atoms with Crippen LogP contribution in [-0.2, 0) is 4.79 Å². The fourth-order valence-corrected chi connectivity index (χ4v) is 2.93. The van der Waals surface area contributed by atoms with Crippen LogP contribution < -0.4 is 20.9 Å². The topological polar surface area (TPSA) is 56.4 Å². The zero-order chi connectivity index (χ0) is 14.7. The van der Waals surface area contributed by atoms with Crippen LogP contribution in [0.15, 0.2) is 24.3 Å². The fraction of sp³-hybridized carbons (Fsp3) is 0.562. The SMILES string of the molecule is CC1CNC(C(=O)Nc2ccc(N3CCCC3)cc2)CN1. The van der Waals surface area contributed by atoms with E-state index in [1.807, 2.05) is 12.1 Å². The maximum atomic E-state index is 12.2. The number of benzene rings is 1. The summed E-state index contributed by atoms with van der Waals surface area (Å²) in [6.07, 6.45) is 2.55. The Kier molecular flexibility index (Phi) is 4.41. The van der Waals surface area contributed by atoms with E-state index in [4.69, 9.17) is 0 Å². The van der Waals surface area contributed by atoms with Crippen LogP contribution in [0.1, 0.15) is 19.8 Å². The Bertz CT molecular complexity index is 474. The molecule has 2 heterocycles. The van der Waals surface area contributed by atoms with Gasteiger partial charge in [0.2, 0.25) is 5.91 Å². The fourth-order valence-electron chi connectivity index (χ4n) is 2.93. The number of hydrogen-bond donors (Lipinski definition) is 3.